The fourth-order valence-corrected chi connectivity index (χ4v) is 1.74. The smallest absolute Gasteiger partial charge is 0.387 e. The quantitative estimate of drug-likeness (QED) is 0.874. The lowest BCUT2D eigenvalue weighted by Crippen LogP contribution is -2.07. The second-order valence-electron chi connectivity index (χ2n) is 3.89. The molecule has 2 aromatic rings. The molecule has 0 bridgehead atoms. The summed E-state index contributed by atoms with van der Waals surface area (Å²) in [4.78, 5) is 0. The molecule has 0 unspecified atom stereocenters. The van der Waals surface area contributed by atoms with Crippen molar-refractivity contribution in [2.45, 2.75) is 26.6 Å². The fourth-order valence-electron chi connectivity index (χ4n) is 1.74. The van der Waals surface area contributed by atoms with Gasteiger partial charge in [0.15, 0.2) is 0 Å². The predicted molar refractivity (Wildman–Crippen MR) is 68.3 cm³/mol. The van der Waals surface area contributed by atoms with E-state index in [4.69, 9.17) is 0 Å². The minimum Gasteiger partial charge on any atom is -0.435 e. The van der Waals surface area contributed by atoms with Crippen LogP contribution in [0.25, 0.3) is 0 Å². The van der Waals surface area contributed by atoms with Gasteiger partial charge in [0.25, 0.3) is 0 Å². The first-order chi connectivity index (χ1) is 9.19. The molecule has 0 fully saturated rings. The molecular weight excluding hydrogens is 252 g/mol. The van der Waals surface area contributed by atoms with Crippen molar-refractivity contribution in [1.82, 2.24) is 9.78 Å². The number of anilines is 1. The van der Waals surface area contributed by atoms with Crippen LogP contribution in [0, 0.1) is 0 Å². The number of ether oxygens (including phenoxy) is 1. The van der Waals surface area contributed by atoms with E-state index in [1.165, 1.54) is 12.1 Å². The number of rotatable bonds is 6. The zero-order valence-electron chi connectivity index (χ0n) is 10.5. The molecule has 1 N–H and O–H groups in total. The van der Waals surface area contributed by atoms with Gasteiger partial charge in [0.05, 0.1) is 12.2 Å². The monoisotopic (exact) mass is 267 g/mol. The van der Waals surface area contributed by atoms with Gasteiger partial charge in [-0.1, -0.05) is 0 Å². The van der Waals surface area contributed by atoms with Crippen molar-refractivity contribution in [2.75, 3.05) is 5.32 Å². The molecule has 19 heavy (non-hydrogen) atoms. The Morgan fingerprint density at radius 2 is 2.00 bits per heavy atom. The Morgan fingerprint density at radius 3 is 2.63 bits per heavy atom. The third kappa shape index (κ3) is 3.67. The summed E-state index contributed by atoms with van der Waals surface area (Å²) in [6.45, 7) is 0.666. The van der Waals surface area contributed by atoms with Crippen LogP contribution in [0.5, 0.6) is 5.75 Å². The Morgan fingerprint density at radius 1 is 1.26 bits per heavy atom. The Balaban J connectivity index is 1.93. The van der Waals surface area contributed by atoms with Crippen molar-refractivity contribution in [3.63, 3.8) is 0 Å². The predicted octanol–water partition coefficient (Wildman–Crippen LogP) is 3.12. The molecule has 0 aliphatic rings. The summed E-state index contributed by atoms with van der Waals surface area (Å²) in [6, 6.07) is 8.34. The van der Waals surface area contributed by atoms with Gasteiger partial charge in [0, 0.05) is 18.4 Å². The van der Waals surface area contributed by atoms with Crippen LogP contribution in [0.3, 0.4) is 0 Å². The number of hydrogen-bond donors (Lipinski definition) is 1. The van der Waals surface area contributed by atoms with Crippen molar-refractivity contribution >= 4 is 5.69 Å². The van der Waals surface area contributed by atoms with Crippen LogP contribution in [-0.2, 0) is 13.1 Å². The van der Waals surface area contributed by atoms with Gasteiger partial charge in [-0.15, -0.1) is 0 Å². The molecule has 0 radical (unpaired) electrons. The zero-order chi connectivity index (χ0) is 13.7. The first-order valence-electron chi connectivity index (χ1n) is 5.98. The summed E-state index contributed by atoms with van der Waals surface area (Å²) in [5.41, 5.74) is 1.90. The maximum Gasteiger partial charge on any atom is 0.387 e. The van der Waals surface area contributed by atoms with E-state index in [2.05, 4.69) is 15.2 Å². The molecule has 1 heterocycles. The van der Waals surface area contributed by atoms with Gasteiger partial charge in [-0.2, -0.15) is 13.9 Å². The molecule has 0 atom stereocenters. The standard InChI is InChI=1S/C13H15F2N3O/c1-2-18-11(7-8-17-18)9-16-10-3-5-12(6-4-10)19-13(14)15/h3-8,13,16H,2,9H2,1H3. The van der Waals surface area contributed by atoms with Crippen molar-refractivity contribution in [3.8, 4) is 5.75 Å². The van der Waals surface area contributed by atoms with Crippen molar-refractivity contribution < 1.29 is 13.5 Å². The summed E-state index contributed by atoms with van der Waals surface area (Å²) in [7, 11) is 0. The average Bonchev–Trinajstić information content (AvgIpc) is 2.84. The van der Waals surface area contributed by atoms with E-state index in [1.807, 2.05) is 17.7 Å². The van der Waals surface area contributed by atoms with E-state index in [9.17, 15) is 8.78 Å². The molecule has 1 aromatic carbocycles. The minimum absolute atomic E-state index is 0.152. The second kappa shape index (κ2) is 6.17. The molecule has 0 aliphatic heterocycles. The van der Waals surface area contributed by atoms with Crippen molar-refractivity contribution in [3.05, 3.63) is 42.2 Å². The maximum absolute atomic E-state index is 12.0. The molecule has 0 saturated heterocycles. The average molecular weight is 267 g/mol. The number of aromatic nitrogens is 2. The molecule has 102 valence electrons. The topological polar surface area (TPSA) is 39.1 Å². The SMILES string of the molecule is CCn1nccc1CNc1ccc(OC(F)F)cc1. The van der Waals surface area contributed by atoms with Crippen molar-refractivity contribution in [2.24, 2.45) is 0 Å². The number of nitrogens with one attached hydrogen (secondary N) is 1. The van der Waals surface area contributed by atoms with E-state index < -0.39 is 6.61 Å². The number of hydrogen-bond acceptors (Lipinski definition) is 3. The third-order valence-electron chi connectivity index (χ3n) is 2.66. The summed E-state index contributed by atoms with van der Waals surface area (Å²) in [6.07, 6.45) is 1.75. The number of halogens is 2. The lowest BCUT2D eigenvalue weighted by atomic mass is 10.3. The van der Waals surface area contributed by atoms with E-state index in [1.54, 1.807) is 18.3 Å². The lowest BCUT2D eigenvalue weighted by molar-refractivity contribution is -0.0498. The molecule has 2 rings (SSSR count). The highest BCUT2D eigenvalue weighted by Crippen LogP contribution is 2.18. The molecule has 0 spiro atoms. The molecular formula is C13H15F2N3O. The highest BCUT2D eigenvalue weighted by atomic mass is 19.3. The molecule has 6 heteroatoms. The van der Waals surface area contributed by atoms with Gasteiger partial charge >= 0.3 is 6.61 Å². The van der Waals surface area contributed by atoms with Gasteiger partial charge in [0.1, 0.15) is 5.75 Å². The molecule has 1 aromatic heterocycles. The maximum atomic E-state index is 12.0. The largest absolute Gasteiger partial charge is 0.435 e. The van der Waals surface area contributed by atoms with Crippen LogP contribution in [-0.4, -0.2) is 16.4 Å². The Bertz CT molecular complexity index is 511. The van der Waals surface area contributed by atoms with Gasteiger partial charge in [-0.25, -0.2) is 0 Å². The lowest BCUT2D eigenvalue weighted by Gasteiger charge is -2.09. The molecule has 0 aliphatic carbocycles. The molecule has 4 nitrogen and oxygen atoms in total. The normalized spacial score (nSPS) is 10.7. The number of aryl methyl sites for hydroxylation is 1. The zero-order valence-corrected chi connectivity index (χ0v) is 10.5. The molecule has 0 saturated carbocycles. The summed E-state index contributed by atoms with van der Waals surface area (Å²) < 4.78 is 30.2. The first kappa shape index (κ1) is 13.3. The number of nitrogens with zero attached hydrogens (tertiary/aromatic N) is 2. The van der Waals surface area contributed by atoms with Crippen LogP contribution >= 0.6 is 0 Å². The number of benzene rings is 1. The van der Waals surface area contributed by atoms with E-state index in [0.29, 0.717) is 6.54 Å². The van der Waals surface area contributed by atoms with Gasteiger partial charge in [-0.3, -0.25) is 4.68 Å². The summed E-state index contributed by atoms with van der Waals surface area (Å²) >= 11 is 0. The number of alkyl halides is 2. The highest BCUT2D eigenvalue weighted by Gasteiger charge is 2.04. The fraction of sp³-hybridized carbons (Fsp3) is 0.308. The Labute approximate surface area is 110 Å². The Hall–Kier alpha value is -2.11. The summed E-state index contributed by atoms with van der Waals surface area (Å²) in [5.74, 6) is 0.152. The van der Waals surface area contributed by atoms with Crippen LogP contribution in [0.2, 0.25) is 0 Å². The summed E-state index contributed by atoms with van der Waals surface area (Å²) in [5, 5.41) is 7.37. The van der Waals surface area contributed by atoms with E-state index >= 15 is 0 Å². The van der Waals surface area contributed by atoms with E-state index in [-0.39, 0.29) is 5.75 Å². The van der Waals surface area contributed by atoms with Gasteiger partial charge < -0.3 is 10.1 Å². The third-order valence-corrected chi connectivity index (χ3v) is 2.66. The van der Waals surface area contributed by atoms with Crippen LogP contribution < -0.4 is 10.1 Å². The van der Waals surface area contributed by atoms with Crippen LogP contribution in [0.4, 0.5) is 14.5 Å². The van der Waals surface area contributed by atoms with Gasteiger partial charge in [0.2, 0.25) is 0 Å². The first-order valence-corrected chi connectivity index (χ1v) is 5.98. The van der Waals surface area contributed by atoms with Crippen LogP contribution in [0.15, 0.2) is 36.5 Å². The highest BCUT2D eigenvalue weighted by molar-refractivity contribution is 5.46. The van der Waals surface area contributed by atoms with Gasteiger partial charge in [-0.05, 0) is 37.3 Å². The van der Waals surface area contributed by atoms with Crippen molar-refractivity contribution in [1.29, 1.82) is 0 Å². The Kier molecular flexibility index (Phi) is 4.33. The minimum atomic E-state index is -2.79. The second-order valence-corrected chi connectivity index (χ2v) is 3.89. The van der Waals surface area contributed by atoms with Crippen LogP contribution in [0.1, 0.15) is 12.6 Å². The van der Waals surface area contributed by atoms with E-state index in [0.717, 1.165) is 17.9 Å². The molecule has 0 amide bonds.